The minimum atomic E-state index is -2.91. The lowest BCUT2D eigenvalue weighted by Gasteiger charge is -2.20. The standard InChI is InChI=1S/C5H14O3Si.C5H14O2Si.C3H10O3Si/c1-7-9(3,8-2)5-4-6;1-7-8(2,3)5-4-6;1-7(5,6)3-2-4/h6H,4-5H2,1-3H3;6H,4-5H2,1-3H3;4-6H,2-3H2,1H3. The van der Waals surface area contributed by atoms with Crippen LogP contribution in [0.3, 0.4) is 0 Å². The van der Waals surface area contributed by atoms with E-state index < -0.39 is 25.4 Å². The third-order valence-corrected chi connectivity index (χ3v) is 9.84. The predicted octanol–water partition coefficient (Wildman–Crippen LogP) is 0.209. The molecule has 0 atom stereocenters. The summed E-state index contributed by atoms with van der Waals surface area (Å²) >= 11 is 0. The third-order valence-electron chi connectivity index (χ3n) is 3.28. The Labute approximate surface area is 149 Å². The second kappa shape index (κ2) is 15.6. The second-order valence-corrected chi connectivity index (χ2v) is 17.1. The zero-order valence-corrected chi connectivity index (χ0v) is 19.2. The van der Waals surface area contributed by atoms with E-state index in [1.165, 1.54) is 6.55 Å². The van der Waals surface area contributed by atoms with Crippen LogP contribution in [0.4, 0.5) is 0 Å². The molecule has 150 valence electrons. The molecule has 5 N–H and O–H groups in total. The summed E-state index contributed by atoms with van der Waals surface area (Å²) in [5.41, 5.74) is 0. The van der Waals surface area contributed by atoms with Crippen LogP contribution in [0.15, 0.2) is 0 Å². The summed E-state index contributed by atoms with van der Waals surface area (Å²) < 4.78 is 15.3. The molecule has 0 rings (SSSR count). The molecule has 0 spiro atoms. The van der Waals surface area contributed by atoms with Gasteiger partial charge in [0.1, 0.15) is 0 Å². The van der Waals surface area contributed by atoms with Crippen LogP contribution in [0.2, 0.25) is 44.3 Å². The van der Waals surface area contributed by atoms with E-state index in [-0.39, 0.29) is 25.9 Å². The van der Waals surface area contributed by atoms with Gasteiger partial charge in [-0.3, -0.25) is 0 Å². The minimum Gasteiger partial charge on any atom is -0.420 e. The van der Waals surface area contributed by atoms with Crippen LogP contribution in [0.25, 0.3) is 0 Å². The molecule has 0 saturated heterocycles. The first-order valence-electron chi connectivity index (χ1n) is 7.79. The number of rotatable bonds is 9. The van der Waals surface area contributed by atoms with Gasteiger partial charge in [-0.15, -0.1) is 0 Å². The Morgan fingerprint density at radius 1 is 0.625 bits per heavy atom. The first-order valence-corrected chi connectivity index (χ1v) is 16.0. The Balaban J connectivity index is -0.000000278. The Kier molecular flexibility index (Phi) is 18.9. The maximum absolute atomic E-state index is 8.55. The minimum absolute atomic E-state index is 0.129. The Morgan fingerprint density at radius 2 is 1.00 bits per heavy atom. The summed E-state index contributed by atoms with van der Waals surface area (Å²) in [6.45, 7) is 7.73. The van der Waals surface area contributed by atoms with Gasteiger partial charge in [0.2, 0.25) is 0 Å². The fourth-order valence-electron chi connectivity index (χ4n) is 1.07. The summed E-state index contributed by atoms with van der Waals surface area (Å²) in [6.07, 6.45) is 0. The fourth-order valence-corrected chi connectivity index (χ4v) is 3.22. The molecule has 8 nitrogen and oxygen atoms in total. The highest BCUT2D eigenvalue weighted by Gasteiger charge is 2.27. The predicted molar refractivity (Wildman–Crippen MR) is 102 cm³/mol. The van der Waals surface area contributed by atoms with Gasteiger partial charge < -0.3 is 38.2 Å². The maximum atomic E-state index is 8.55. The molecular weight excluding hydrogens is 368 g/mol. The molecule has 0 saturated carbocycles. The zero-order valence-electron chi connectivity index (χ0n) is 16.2. The van der Waals surface area contributed by atoms with Crippen molar-refractivity contribution < 1.29 is 38.2 Å². The molecule has 0 fully saturated rings. The lowest BCUT2D eigenvalue weighted by molar-refractivity contribution is 0.229. The molecule has 0 bridgehead atoms. The van der Waals surface area contributed by atoms with Crippen molar-refractivity contribution in [3.05, 3.63) is 0 Å². The molecule has 0 unspecified atom stereocenters. The monoisotopic (exact) mass is 406 g/mol. The summed E-state index contributed by atoms with van der Waals surface area (Å²) in [5, 5.41) is 25.1. The lowest BCUT2D eigenvalue weighted by Crippen LogP contribution is -2.36. The quantitative estimate of drug-likeness (QED) is 0.344. The van der Waals surface area contributed by atoms with Crippen LogP contribution in [0, 0.1) is 0 Å². The summed E-state index contributed by atoms with van der Waals surface area (Å²) in [7, 11) is -1.34. The first kappa shape index (κ1) is 29.1. The van der Waals surface area contributed by atoms with Gasteiger partial charge in [-0.25, -0.2) is 0 Å². The molecule has 0 radical (unpaired) electrons. The number of hydrogen-bond donors (Lipinski definition) is 5. The summed E-state index contributed by atoms with van der Waals surface area (Å²) in [4.78, 5) is 17.1. The SMILES string of the molecule is CO[Si](C)(C)CCO.CO[Si](C)(CCO)OC.C[Si](O)(O)CCO. The molecule has 0 aromatic heterocycles. The van der Waals surface area contributed by atoms with E-state index in [4.69, 9.17) is 38.2 Å². The second-order valence-electron chi connectivity index (χ2n) is 6.14. The molecule has 0 aromatic rings. The average Bonchev–Trinajstić information content (AvgIpc) is 2.47. The van der Waals surface area contributed by atoms with E-state index >= 15 is 0 Å². The van der Waals surface area contributed by atoms with E-state index in [1.54, 1.807) is 21.3 Å². The molecule has 24 heavy (non-hydrogen) atoms. The molecule has 0 heterocycles. The van der Waals surface area contributed by atoms with Crippen LogP contribution < -0.4 is 0 Å². The number of hydrogen-bond acceptors (Lipinski definition) is 8. The summed E-state index contributed by atoms with van der Waals surface area (Å²) in [6, 6.07) is 1.62. The number of aliphatic hydroxyl groups is 3. The highest BCUT2D eigenvalue weighted by molar-refractivity contribution is 6.71. The lowest BCUT2D eigenvalue weighted by atomic mass is 10.9. The molecule has 11 heteroatoms. The van der Waals surface area contributed by atoms with Crippen molar-refractivity contribution in [3.8, 4) is 0 Å². The maximum Gasteiger partial charge on any atom is 0.336 e. The van der Waals surface area contributed by atoms with Crippen LogP contribution in [0.1, 0.15) is 0 Å². The van der Waals surface area contributed by atoms with Gasteiger partial charge in [0.25, 0.3) is 0 Å². The van der Waals surface area contributed by atoms with Gasteiger partial charge in [0.15, 0.2) is 8.32 Å². The van der Waals surface area contributed by atoms with Gasteiger partial charge in [-0.1, -0.05) is 0 Å². The summed E-state index contributed by atoms with van der Waals surface area (Å²) in [5.74, 6) is 0. The van der Waals surface area contributed by atoms with Crippen LogP contribution in [-0.4, -0.2) is 91.5 Å². The molecule has 0 amide bonds. The topological polar surface area (TPSA) is 129 Å². The Bertz CT molecular complexity index is 270. The van der Waals surface area contributed by atoms with Crippen molar-refractivity contribution >= 4 is 25.4 Å². The smallest absolute Gasteiger partial charge is 0.336 e. The first-order chi connectivity index (χ1) is 10.9. The van der Waals surface area contributed by atoms with Crippen molar-refractivity contribution in [3.63, 3.8) is 0 Å². The normalized spacial score (nSPS) is 12.0. The van der Waals surface area contributed by atoms with Crippen molar-refractivity contribution in [2.45, 2.75) is 44.3 Å². The van der Waals surface area contributed by atoms with Crippen LogP contribution >= 0.6 is 0 Å². The van der Waals surface area contributed by atoms with Gasteiger partial charge in [0.05, 0.1) is 0 Å². The molecule has 0 aliphatic heterocycles. The Morgan fingerprint density at radius 3 is 1.08 bits per heavy atom. The average molecular weight is 407 g/mol. The molecule has 0 aliphatic carbocycles. The molecular formula is C13H38O8Si3. The largest absolute Gasteiger partial charge is 0.420 e. The van der Waals surface area contributed by atoms with Gasteiger partial charge in [-0.05, 0) is 32.2 Å². The molecule has 0 aromatic carbocycles. The van der Waals surface area contributed by atoms with E-state index in [1.807, 2.05) is 6.55 Å². The van der Waals surface area contributed by atoms with Crippen LogP contribution in [-0.2, 0) is 13.3 Å². The van der Waals surface area contributed by atoms with Gasteiger partial charge in [-0.2, -0.15) is 0 Å². The highest BCUT2D eigenvalue weighted by atomic mass is 28.4. The Hall–Kier alpha value is 0.331. The number of aliphatic hydroxyl groups excluding tert-OH is 3. The van der Waals surface area contributed by atoms with E-state index in [2.05, 4.69) is 13.1 Å². The van der Waals surface area contributed by atoms with E-state index in [0.29, 0.717) is 6.04 Å². The van der Waals surface area contributed by atoms with Crippen molar-refractivity contribution in [1.29, 1.82) is 0 Å². The van der Waals surface area contributed by atoms with Crippen LogP contribution in [0.5, 0.6) is 0 Å². The van der Waals surface area contributed by atoms with Gasteiger partial charge >= 0.3 is 17.1 Å². The van der Waals surface area contributed by atoms with E-state index in [9.17, 15) is 0 Å². The fraction of sp³-hybridized carbons (Fsp3) is 1.00. The third kappa shape index (κ3) is 22.3. The van der Waals surface area contributed by atoms with Crippen molar-refractivity contribution in [2.75, 3.05) is 41.2 Å². The van der Waals surface area contributed by atoms with Crippen molar-refractivity contribution in [2.24, 2.45) is 0 Å². The van der Waals surface area contributed by atoms with E-state index in [0.717, 1.165) is 6.04 Å². The highest BCUT2D eigenvalue weighted by Crippen LogP contribution is 2.09. The molecule has 0 aliphatic rings. The van der Waals surface area contributed by atoms with Crippen molar-refractivity contribution in [1.82, 2.24) is 0 Å². The van der Waals surface area contributed by atoms with Gasteiger partial charge in [0, 0.05) is 53.2 Å². The zero-order chi connectivity index (χ0) is 19.9.